The van der Waals surface area contributed by atoms with E-state index < -0.39 is 20.7 Å². The first-order valence-corrected chi connectivity index (χ1v) is 15.0. The van der Waals surface area contributed by atoms with Crippen LogP contribution in [0.3, 0.4) is 0 Å². The number of hydrogen-bond donors (Lipinski definition) is 1. The third-order valence-electron chi connectivity index (χ3n) is 7.48. The van der Waals surface area contributed by atoms with Crippen LogP contribution in [0, 0.1) is 22.5 Å². The number of anilines is 1. The largest absolute Gasteiger partial charge is 0.486 e. The average molecular weight is 603 g/mol. The number of piperazine rings is 1. The molecule has 1 saturated heterocycles. The molecular weight excluding hydrogens is 572 g/mol. The summed E-state index contributed by atoms with van der Waals surface area (Å²) in [6.45, 7) is 5.00. The lowest BCUT2D eigenvalue weighted by Crippen LogP contribution is -2.52. The van der Waals surface area contributed by atoms with E-state index in [1.807, 2.05) is 4.90 Å². The van der Waals surface area contributed by atoms with Gasteiger partial charge in [-0.15, -0.1) is 0 Å². The van der Waals surface area contributed by atoms with Gasteiger partial charge in [-0.25, -0.2) is 0 Å². The average Bonchev–Trinajstić information content (AvgIpc) is 3.68. The van der Waals surface area contributed by atoms with E-state index in [1.165, 1.54) is 15.1 Å². The first-order chi connectivity index (χ1) is 19.5. The van der Waals surface area contributed by atoms with Gasteiger partial charge in [0, 0.05) is 54.8 Å². The molecule has 41 heavy (non-hydrogen) atoms. The van der Waals surface area contributed by atoms with Gasteiger partial charge in [0.2, 0.25) is 5.75 Å². The van der Waals surface area contributed by atoms with Gasteiger partial charge in [0.15, 0.2) is 0 Å². The normalized spacial score (nSPS) is 16.9. The Bertz CT molecular complexity index is 1630. The quantitative estimate of drug-likeness (QED) is 0.275. The number of nitrogens with zero attached hydrogens (tertiary/aromatic N) is 5. The minimum absolute atomic E-state index is 0.0319. The van der Waals surface area contributed by atoms with Gasteiger partial charge in [-0.05, 0) is 43.5 Å². The molecule has 0 bridgehead atoms. The minimum Gasteiger partial charge on any atom is -0.486 e. The molecule has 2 heterocycles. The summed E-state index contributed by atoms with van der Waals surface area (Å²) in [6.07, 6.45) is 3.62. The maximum Gasteiger partial charge on any atom is 0.316 e. The van der Waals surface area contributed by atoms with Crippen LogP contribution < -0.4 is 19.9 Å². The highest BCUT2D eigenvalue weighted by molar-refractivity contribution is 7.87. The summed E-state index contributed by atoms with van der Waals surface area (Å²) in [5.74, 6) is 0.170. The molecule has 1 aliphatic heterocycles. The molecule has 0 unspecified atom stereocenters. The van der Waals surface area contributed by atoms with Crippen molar-refractivity contribution in [3.05, 3.63) is 85.3 Å². The number of nitro benzene ring substituents is 1. The third kappa shape index (κ3) is 6.53. The smallest absolute Gasteiger partial charge is 0.316 e. The zero-order valence-corrected chi connectivity index (χ0v) is 24.3. The maximum absolute atomic E-state index is 13.6. The van der Waals surface area contributed by atoms with Crippen LogP contribution in [0.4, 0.5) is 11.4 Å². The van der Waals surface area contributed by atoms with E-state index in [4.69, 9.17) is 16.3 Å². The first kappa shape index (κ1) is 29.0. The molecule has 0 radical (unpaired) electrons. The highest BCUT2D eigenvalue weighted by Crippen LogP contribution is 2.45. The fourth-order valence-corrected chi connectivity index (χ4v) is 5.94. The first-order valence-electron chi connectivity index (χ1n) is 13.2. The number of nitro groups is 1. The van der Waals surface area contributed by atoms with Gasteiger partial charge in [0.05, 0.1) is 23.4 Å². The molecule has 2 aliphatic rings. The Balaban J connectivity index is 1.30. The molecule has 2 fully saturated rings. The van der Waals surface area contributed by atoms with Crippen LogP contribution in [-0.2, 0) is 16.8 Å². The van der Waals surface area contributed by atoms with Crippen LogP contribution in [0.1, 0.15) is 30.9 Å². The second-order valence-corrected chi connectivity index (χ2v) is 12.9. The number of ether oxygens (including phenoxy) is 1. The number of rotatable bonds is 10. The molecule has 1 aromatic heterocycles. The summed E-state index contributed by atoms with van der Waals surface area (Å²) in [7, 11) is -3.86. The van der Waals surface area contributed by atoms with E-state index in [2.05, 4.69) is 16.7 Å². The number of aryl methyl sites for hydroxylation is 1. The predicted octanol–water partition coefficient (Wildman–Crippen LogP) is 3.44. The van der Waals surface area contributed by atoms with Gasteiger partial charge in [-0.3, -0.25) is 14.9 Å². The van der Waals surface area contributed by atoms with Crippen LogP contribution in [0.25, 0.3) is 5.69 Å². The van der Waals surface area contributed by atoms with Gasteiger partial charge in [0.1, 0.15) is 5.69 Å². The zero-order chi connectivity index (χ0) is 29.4. The zero-order valence-electron chi connectivity index (χ0n) is 22.7. The fraction of sp³-hybridized carbons (Fsp3) is 0.407. The van der Waals surface area contributed by atoms with E-state index >= 15 is 0 Å². The number of aromatic nitrogens is 2. The van der Waals surface area contributed by atoms with E-state index in [1.54, 1.807) is 49.5 Å². The van der Waals surface area contributed by atoms with Crippen LogP contribution >= 0.6 is 11.6 Å². The Labute approximate surface area is 242 Å². The van der Waals surface area contributed by atoms with Crippen molar-refractivity contribution >= 4 is 33.2 Å². The topological polar surface area (TPSA) is 140 Å². The van der Waals surface area contributed by atoms with Gasteiger partial charge < -0.3 is 9.64 Å². The van der Waals surface area contributed by atoms with Crippen molar-refractivity contribution in [2.24, 2.45) is 5.41 Å². The molecule has 14 heteroatoms. The Hall–Kier alpha value is -3.52. The minimum atomic E-state index is -3.86. The van der Waals surface area contributed by atoms with Crippen molar-refractivity contribution in [1.29, 1.82) is 0 Å². The summed E-state index contributed by atoms with van der Waals surface area (Å²) in [4.78, 5) is 26.2. The van der Waals surface area contributed by atoms with Crippen molar-refractivity contribution in [2.75, 3.05) is 37.7 Å². The van der Waals surface area contributed by atoms with Crippen molar-refractivity contribution in [2.45, 2.75) is 33.2 Å². The van der Waals surface area contributed by atoms with E-state index in [0.717, 1.165) is 12.8 Å². The predicted molar refractivity (Wildman–Crippen MR) is 155 cm³/mol. The lowest BCUT2D eigenvalue weighted by Gasteiger charge is -2.35. The molecule has 12 nitrogen and oxygen atoms in total. The number of hydrogen-bond acceptors (Lipinski definition) is 8. The maximum atomic E-state index is 13.6. The Morgan fingerprint density at radius 2 is 1.88 bits per heavy atom. The Morgan fingerprint density at radius 3 is 2.54 bits per heavy atom. The van der Waals surface area contributed by atoms with Gasteiger partial charge in [-0.2, -0.15) is 27.2 Å². The van der Waals surface area contributed by atoms with Gasteiger partial charge in [0.25, 0.3) is 15.9 Å². The molecule has 218 valence electrons. The molecular formula is C27H31ClN6O6S. The van der Waals surface area contributed by atoms with Crippen molar-refractivity contribution in [3.63, 3.8) is 0 Å². The summed E-state index contributed by atoms with van der Waals surface area (Å²) >= 11 is 6.13. The fourth-order valence-electron chi connectivity index (χ4n) is 4.58. The van der Waals surface area contributed by atoms with Crippen LogP contribution in [-0.4, -0.2) is 60.2 Å². The number of halogens is 1. The lowest BCUT2D eigenvalue weighted by molar-refractivity contribution is -0.385. The monoisotopic (exact) mass is 602 g/mol. The molecule has 0 spiro atoms. The van der Waals surface area contributed by atoms with E-state index in [9.17, 15) is 23.3 Å². The number of benzene rings is 2. The molecule has 0 atom stereocenters. The Kier molecular flexibility index (Phi) is 8.06. The molecule has 0 amide bonds. The van der Waals surface area contributed by atoms with Crippen LogP contribution in [0.2, 0.25) is 5.02 Å². The van der Waals surface area contributed by atoms with Crippen LogP contribution in [0.5, 0.6) is 5.75 Å². The second-order valence-electron chi connectivity index (χ2n) is 10.7. The summed E-state index contributed by atoms with van der Waals surface area (Å²) in [5, 5.41) is 16.1. The van der Waals surface area contributed by atoms with Gasteiger partial charge >= 0.3 is 5.56 Å². The SMILES string of the molecule is Cc1ccc(CNS(=O)(=O)N2CCN(c3cnn(-c4cccc(Cl)c4)c(=O)c3OCC3(C)CC3)CC2)cc1[N+](=O)[O-]. The highest BCUT2D eigenvalue weighted by Gasteiger charge is 2.39. The summed E-state index contributed by atoms with van der Waals surface area (Å²) < 4.78 is 37.3. The molecule has 3 aromatic rings. The molecule has 1 saturated carbocycles. The molecule has 1 N–H and O–H groups in total. The number of nitrogens with one attached hydrogen (secondary N) is 1. The van der Waals surface area contributed by atoms with E-state index in [-0.39, 0.29) is 36.5 Å². The Morgan fingerprint density at radius 1 is 1.15 bits per heavy atom. The van der Waals surface area contributed by atoms with E-state index in [0.29, 0.717) is 47.2 Å². The summed E-state index contributed by atoms with van der Waals surface area (Å²) in [6, 6.07) is 11.5. The van der Waals surface area contributed by atoms with Gasteiger partial charge in [-0.1, -0.05) is 36.7 Å². The van der Waals surface area contributed by atoms with Crippen LogP contribution in [0.15, 0.2) is 53.5 Å². The molecule has 2 aromatic carbocycles. The lowest BCUT2D eigenvalue weighted by atomic mass is 10.1. The third-order valence-corrected chi connectivity index (χ3v) is 9.27. The molecule has 5 rings (SSSR count). The standard InChI is InChI=1S/C27H31ClN6O6S/c1-19-6-7-20(14-23(19)34(36)37)16-30-41(38,39)32-12-10-31(11-13-32)24-17-29-33(22-5-3-4-21(28)15-22)26(35)25(24)40-18-27(2)8-9-27/h3-7,14-15,17,30H,8-13,16,18H2,1-2H3. The van der Waals surface area contributed by atoms with Crippen molar-refractivity contribution < 1.29 is 18.1 Å². The summed E-state index contributed by atoms with van der Waals surface area (Å²) in [5.41, 5.74) is 1.56. The highest BCUT2D eigenvalue weighted by atomic mass is 35.5. The van der Waals surface area contributed by atoms with Crippen molar-refractivity contribution in [3.8, 4) is 11.4 Å². The van der Waals surface area contributed by atoms with Crippen molar-refractivity contribution in [1.82, 2.24) is 18.8 Å². The second kappa shape index (κ2) is 11.4. The molecule has 1 aliphatic carbocycles.